The average Bonchev–Trinajstić information content (AvgIpc) is 3.40. The summed E-state index contributed by atoms with van der Waals surface area (Å²) in [6.45, 7) is 2.10. The number of hydrogen-bond acceptors (Lipinski definition) is 3. The Hall–Kier alpha value is -1.54. The van der Waals surface area contributed by atoms with Crippen LogP contribution in [0, 0.1) is 17.6 Å². The molecule has 0 aromatic heterocycles. The summed E-state index contributed by atoms with van der Waals surface area (Å²) in [5.74, 6) is -2.00. The predicted molar refractivity (Wildman–Crippen MR) is 98.3 cm³/mol. The highest BCUT2D eigenvalue weighted by molar-refractivity contribution is 7.90. The van der Waals surface area contributed by atoms with Crippen molar-refractivity contribution >= 4 is 15.9 Å². The van der Waals surface area contributed by atoms with Gasteiger partial charge in [0.25, 0.3) is 0 Å². The van der Waals surface area contributed by atoms with Crippen LogP contribution in [0.5, 0.6) is 0 Å². The van der Waals surface area contributed by atoms with E-state index in [-0.39, 0.29) is 24.2 Å². The highest BCUT2D eigenvalue weighted by atomic mass is 32.2. The minimum atomic E-state index is -3.75. The second kappa shape index (κ2) is 8.22. The van der Waals surface area contributed by atoms with Gasteiger partial charge in [0, 0.05) is 30.3 Å². The summed E-state index contributed by atoms with van der Waals surface area (Å²) in [4.78, 5) is 14.0. The van der Waals surface area contributed by atoms with E-state index in [2.05, 4.69) is 11.6 Å². The molecule has 0 aliphatic heterocycles. The Labute approximate surface area is 159 Å². The molecular weight excluding hydrogens is 374 g/mol. The van der Waals surface area contributed by atoms with E-state index in [1.54, 1.807) is 0 Å². The molecule has 0 unspecified atom stereocenters. The predicted octanol–water partition coefficient (Wildman–Crippen LogP) is 2.95. The summed E-state index contributed by atoms with van der Waals surface area (Å²) in [5.41, 5.74) is 0.184. The van der Waals surface area contributed by atoms with Crippen molar-refractivity contribution in [2.75, 3.05) is 5.75 Å². The van der Waals surface area contributed by atoms with E-state index < -0.39 is 33.3 Å². The van der Waals surface area contributed by atoms with Crippen molar-refractivity contribution in [3.63, 3.8) is 0 Å². The van der Waals surface area contributed by atoms with Crippen LogP contribution in [0.1, 0.15) is 51.0 Å². The molecular formula is C19H26F2N2O3S. The third kappa shape index (κ3) is 5.72. The van der Waals surface area contributed by atoms with Crippen molar-refractivity contribution < 1.29 is 22.0 Å². The molecule has 1 aromatic rings. The quantitative estimate of drug-likeness (QED) is 0.765. The second-order valence-electron chi connectivity index (χ2n) is 7.82. The molecule has 2 fully saturated rings. The maximum atomic E-state index is 13.9. The van der Waals surface area contributed by atoms with E-state index in [1.807, 2.05) is 0 Å². The van der Waals surface area contributed by atoms with Crippen LogP contribution in [0.15, 0.2) is 18.2 Å². The van der Waals surface area contributed by atoms with Crippen molar-refractivity contribution in [1.82, 2.24) is 9.62 Å². The van der Waals surface area contributed by atoms with Gasteiger partial charge in [-0.2, -0.15) is 0 Å². The van der Waals surface area contributed by atoms with E-state index in [1.165, 1.54) is 11.0 Å². The maximum absolute atomic E-state index is 13.9. The average molecular weight is 400 g/mol. The topological polar surface area (TPSA) is 66.5 Å². The van der Waals surface area contributed by atoms with Gasteiger partial charge in [-0.3, -0.25) is 4.79 Å². The molecule has 2 saturated carbocycles. The fourth-order valence-electron chi connectivity index (χ4n) is 3.56. The monoisotopic (exact) mass is 400 g/mol. The second-order valence-corrected chi connectivity index (χ2v) is 9.58. The van der Waals surface area contributed by atoms with Gasteiger partial charge in [-0.15, -0.1) is 0 Å². The Bertz CT molecular complexity index is 788. The van der Waals surface area contributed by atoms with Gasteiger partial charge in [0.05, 0.1) is 0 Å². The highest BCUT2D eigenvalue weighted by Gasteiger charge is 2.35. The van der Waals surface area contributed by atoms with Crippen LogP contribution in [0.4, 0.5) is 8.78 Å². The minimum absolute atomic E-state index is 0.0495. The Balaban J connectivity index is 1.63. The number of rotatable bonds is 7. The summed E-state index contributed by atoms with van der Waals surface area (Å²) >= 11 is 0. The minimum Gasteiger partial charge on any atom is -0.334 e. The molecule has 0 bridgehead atoms. The van der Waals surface area contributed by atoms with E-state index in [0.29, 0.717) is 5.92 Å². The van der Waals surface area contributed by atoms with Gasteiger partial charge in [-0.1, -0.05) is 13.0 Å². The fourth-order valence-corrected chi connectivity index (χ4v) is 4.88. The van der Waals surface area contributed by atoms with Crippen LogP contribution in [0.25, 0.3) is 0 Å². The lowest BCUT2D eigenvalue weighted by Gasteiger charge is -2.27. The van der Waals surface area contributed by atoms with Crippen LogP contribution in [-0.4, -0.2) is 37.1 Å². The molecule has 0 saturated heterocycles. The Morgan fingerprint density at radius 2 is 1.81 bits per heavy atom. The molecule has 27 heavy (non-hydrogen) atoms. The van der Waals surface area contributed by atoms with Crippen LogP contribution in [0.2, 0.25) is 0 Å². The van der Waals surface area contributed by atoms with Gasteiger partial charge in [-0.05, 0) is 50.5 Å². The van der Waals surface area contributed by atoms with E-state index in [4.69, 9.17) is 0 Å². The van der Waals surface area contributed by atoms with Gasteiger partial charge in [0.2, 0.25) is 15.9 Å². The fraction of sp³-hybridized carbons (Fsp3) is 0.632. The van der Waals surface area contributed by atoms with E-state index in [0.717, 1.165) is 50.7 Å². The first-order valence-corrected chi connectivity index (χ1v) is 11.1. The lowest BCUT2D eigenvalue weighted by Crippen LogP contribution is -2.44. The summed E-state index contributed by atoms with van der Waals surface area (Å²) in [6, 6.07) is 3.00. The summed E-state index contributed by atoms with van der Waals surface area (Å²) < 4.78 is 54.5. The molecule has 1 N–H and O–H groups in total. The van der Waals surface area contributed by atoms with E-state index in [9.17, 15) is 22.0 Å². The lowest BCUT2D eigenvalue weighted by atomic mass is 9.88. The Morgan fingerprint density at radius 1 is 1.15 bits per heavy atom. The number of carbonyl (C=O) groups excluding carboxylic acids is 1. The first-order valence-electron chi connectivity index (χ1n) is 9.47. The normalized spacial score (nSPS) is 23.2. The zero-order valence-corrected chi connectivity index (χ0v) is 16.3. The van der Waals surface area contributed by atoms with Crippen LogP contribution < -0.4 is 4.72 Å². The third-order valence-electron chi connectivity index (χ3n) is 5.34. The van der Waals surface area contributed by atoms with Crippen molar-refractivity contribution in [2.24, 2.45) is 5.92 Å². The molecule has 0 spiro atoms. The molecule has 0 atom stereocenters. The molecule has 1 aromatic carbocycles. The summed E-state index contributed by atoms with van der Waals surface area (Å²) in [5, 5.41) is 0. The number of sulfonamides is 1. The zero-order valence-electron chi connectivity index (χ0n) is 15.5. The van der Waals surface area contributed by atoms with Gasteiger partial charge < -0.3 is 4.90 Å². The smallest absolute Gasteiger partial charge is 0.239 e. The molecule has 2 aliphatic rings. The Morgan fingerprint density at radius 3 is 2.41 bits per heavy atom. The first-order chi connectivity index (χ1) is 12.7. The molecule has 0 radical (unpaired) electrons. The van der Waals surface area contributed by atoms with Crippen molar-refractivity contribution in [1.29, 1.82) is 0 Å². The number of carbonyl (C=O) groups is 1. The van der Waals surface area contributed by atoms with Crippen LogP contribution >= 0.6 is 0 Å². The lowest BCUT2D eigenvalue weighted by molar-refractivity contribution is -0.129. The summed E-state index contributed by atoms with van der Waals surface area (Å²) in [7, 11) is -3.75. The maximum Gasteiger partial charge on any atom is 0.239 e. The number of nitrogens with one attached hydrogen (secondary N) is 1. The van der Waals surface area contributed by atoms with Gasteiger partial charge in [0.15, 0.2) is 0 Å². The summed E-state index contributed by atoms with van der Waals surface area (Å²) in [6.07, 6.45) is 5.03. The molecule has 0 heterocycles. The molecule has 1 amide bonds. The van der Waals surface area contributed by atoms with Gasteiger partial charge in [0.1, 0.15) is 17.4 Å². The number of amides is 1. The molecule has 2 aliphatic carbocycles. The van der Waals surface area contributed by atoms with Gasteiger partial charge >= 0.3 is 0 Å². The SMILES string of the molecule is CC1CCC(NS(=O)(=O)CC(=O)N(Cc2ccc(F)cc2F)C2CC2)CC1. The molecule has 3 rings (SSSR count). The number of halogens is 2. The van der Waals surface area contributed by atoms with Crippen molar-refractivity contribution in [3.8, 4) is 0 Å². The van der Waals surface area contributed by atoms with E-state index >= 15 is 0 Å². The van der Waals surface area contributed by atoms with Crippen molar-refractivity contribution in [3.05, 3.63) is 35.4 Å². The van der Waals surface area contributed by atoms with Crippen molar-refractivity contribution in [2.45, 2.75) is 64.1 Å². The Kier molecular flexibility index (Phi) is 6.15. The zero-order chi connectivity index (χ0) is 19.6. The first kappa shape index (κ1) is 20.2. The largest absolute Gasteiger partial charge is 0.334 e. The highest BCUT2D eigenvalue weighted by Crippen LogP contribution is 2.29. The van der Waals surface area contributed by atoms with Crippen LogP contribution in [0.3, 0.4) is 0 Å². The molecule has 5 nitrogen and oxygen atoms in total. The van der Waals surface area contributed by atoms with Crippen LogP contribution in [-0.2, 0) is 21.4 Å². The molecule has 8 heteroatoms. The van der Waals surface area contributed by atoms with Gasteiger partial charge in [-0.25, -0.2) is 21.9 Å². The number of benzene rings is 1. The number of nitrogens with zero attached hydrogens (tertiary/aromatic N) is 1. The third-order valence-corrected chi connectivity index (χ3v) is 6.66. The molecule has 150 valence electrons. The number of hydrogen-bond donors (Lipinski definition) is 1. The standard InChI is InChI=1S/C19H26F2N2O3S/c1-13-2-6-16(7-3-13)22-27(25,26)12-19(24)23(17-8-9-17)11-14-4-5-15(20)10-18(14)21/h4-5,10,13,16-17,22H,2-3,6-9,11-12H2,1H3.